The zero-order valence-electron chi connectivity index (χ0n) is 19.2. The molecule has 0 saturated carbocycles. The third kappa shape index (κ3) is 15.5. The highest BCUT2D eigenvalue weighted by Crippen LogP contribution is 2.07. The van der Waals surface area contributed by atoms with Gasteiger partial charge in [0.25, 0.3) is 0 Å². The molecule has 0 heterocycles. The number of carbonyl (C=O) groups excluding carboxylic acids is 5. The van der Waals surface area contributed by atoms with Crippen molar-refractivity contribution < 1.29 is 38.2 Å². The minimum absolute atomic E-state index is 0.144. The van der Waals surface area contributed by atoms with Crippen LogP contribution in [-0.2, 0) is 28.6 Å². The number of nitrogens with one attached hydrogen (secondary N) is 4. The van der Waals surface area contributed by atoms with Gasteiger partial charge >= 0.3 is 18.2 Å². The van der Waals surface area contributed by atoms with Crippen molar-refractivity contribution in [3.05, 3.63) is 0 Å². The lowest BCUT2D eigenvalue weighted by Gasteiger charge is -2.22. The van der Waals surface area contributed by atoms with Gasteiger partial charge in [-0.15, -0.1) is 0 Å². The second-order valence-corrected chi connectivity index (χ2v) is 8.38. The zero-order chi connectivity index (χ0) is 24.2. The lowest BCUT2D eigenvalue weighted by atomic mass is 10.2. The summed E-state index contributed by atoms with van der Waals surface area (Å²) in [6.45, 7) is 10.6. The molecule has 0 radical (unpaired) electrons. The van der Waals surface area contributed by atoms with E-state index in [4.69, 9.17) is 14.2 Å². The van der Waals surface area contributed by atoms with Gasteiger partial charge in [-0.3, -0.25) is 14.4 Å². The number of alkyl carbamates (subject to hydrolysis) is 2. The van der Waals surface area contributed by atoms with E-state index in [0.29, 0.717) is 0 Å². The van der Waals surface area contributed by atoms with Crippen molar-refractivity contribution in [2.75, 3.05) is 26.2 Å². The summed E-state index contributed by atoms with van der Waals surface area (Å²) < 4.78 is 14.8. The number of carbonyl (C=O) groups is 5. The maximum absolute atomic E-state index is 12.4. The van der Waals surface area contributed by atoms with Crippen molar-refractivity contribution >= 4 is 30.0 Å². The Morgan fingerprint density at radius 1 is 0.774 bits per heavy atom. The fourth-order valence-electron chi connectivity index (χ4n) is 1.92. The average Bonchev–Trinajstić information content (AvgIpc) is 2.58. The van der Waals surface area contributed by atoms with E-state index in [0.717, 1.165) is 0 Å². The summed E-state index contributed by atoms with van der Waals surface area (Å²) in [5.74, 6) is -2.12. The van der Waals surface area contributed by atoms with Gasteiger partial charge in [-0.2, -0.15) is 0 Å². The van der Waals surface area contributed by atoms with Crippen LogP contribution in [0.2, 0.25) is 0 Å². The molecule has 178 valence electrons. The smallest absolute Gasteiger partial charge is 0.408 e. The Morgan fingerprint density at radius 3 is 1.77 bits per heavy atom. The molecular weight excluding hydrogens is 412 g/mol. The Kier molecular flexibility index (Phi) is 11.4. The van der Waals surface area contributed by atoms with Crippen LogP contribution in [0, 0.1) is 0 Å². The molecule has 12 nitrogen and oxygen atoms in total. The van der Waals surface area contributed by atoms with Crippen LogP contribution in [0.15, 0.2) is 0 Å². The SMILES string of the molecule is CCOC(=O)CNC(=O)C(CNC(=O)OC(C)(C)C)NC(=O)CNC(=O)OC(C)(C)C. The van der Waals surface area contributed by atoms with Crippen molar-refractivity contribution in [3.63, 3.8) is 0 Å². The van der Waals surface area contributed by atoms with Gasteiger partial charge in [0.2, 0.25) is 11.8 Å². The highest BCUT2D eigenvalue weighted by molar-refractivity contribution is 5.91. The molecule has 0 aliphatic carbocycles. The summed E-state index contributed by atoms with van der Waals surface area (Å²) in [6.07, 6.45) is -1.60. The molecule has 0 aromatic carbocycles. The summed E-state index contributed by atoms with van der Waals surface area (Å²) in [4.78, 5) is 59.4. The van der Waals surface area contributed by atoms with Crippen molar-refractivity contribution in [3.8, 4) is 0 Å². The highest BCUT2D eigenvalue weighted by Gasteiger charge is 2.24. The maximum Gasteiger partial charge on any atom is 0.408 e. The molecule has 0 bridgehead atoms. The van der Waals surface area contributed by atoms with Gasteiger partial charge in [-0.1, -0.05) is 0 Å². The van der Waals surface area contributed by atoms with E-state index in [1.807, 2.05) is 0 Å². The predicted octanol–water partition coefficient (Wildman–Crippen LogP) is 0.200. The van der Waals surface area contributed by atoms with Crippen molar-refractivity contribution in [2.45, 2.75) is 65.7 Å². The normalized spacial score (nSPS) is 12.1. The predicted molar refractivity (Wildman–Crippen MR) is 110 cm³/mol. The first-order chi connectivity index (χ1) is 14.1. The number of hydrogen-bond donors (Lipinski definition) is 4. The summed E-state index contributed by atoms with van der Waals surface area (Å²) in [5, 5.41) is 9.30. The molecule has 1 unspecified atom stereocenters. The van der Waals surface area contributed by atoms with E-state index >= 15 is 0 Å². The van der Waals surface area contributed by atoms with Crippen molar-refractivity contribution in [1.82, 2.24) is 21.3 Å². The van der Waals surface area contributed by atoms with Crippen LogP contribution in [0.1, 0.15) is 48.5 Å². The van der Waals surface area contributed by atoms with Crippen molar-refractivity contribution in [1.29, 1.82) is 0 Å². The fourth-order valence-corrected chi connectivity index (χ4v) is 1.92. The van der Waals surface area contributed by atoms with Gasteiger partial charge in [0.1, 0.15) is 30.3 Å². The van der Waals surface area contributed by atoms with Gasteiger partial charge in [0.15, 0.2) is 0 Å². The fraction of sp³-hybridized carbons (Fsp3) is 0.737. The highest BCUT2D eigenvalue weighted by atomic mass is 16.6. The van der Waals surface area contributed by atoms with Crippen LogP contribution in [0.25, 0.3) is 0 Å². The molecule has 0 aliphatic rings. The second kappa shape index (κ2) is 12.6. The summed E-state index contributed by atoms with van der Waals surface area (Å²) in [7, 11) is 0. The molecule has 0 saturated heterocycles. The third-order valence-electron chi connectivity index (χ3n) is 3.01. The molecule has 0 rings (SSSR count). The largest absolute Gasteiger partial charge is 0.465 e. The average molecular weight is 447 g/mol. The Hall–Kier alpha value is -3.05. The zero-order valence-corrected chi connectivity index (χ0v) is 19.2. The first-order valence-electron chi connectivity index (χ1n) is 9.79. The van der Waals surface area contributed by atoms with Crippen LogP contribution in [-0.4, -0.2) is 73.5 Å². The Balaban J connectivity index is 4.89. The van der Waals surface area contributed by atoms with Gasteiger partial charge in [-0.25, -0.2) is 9.59 Å². The number of rotatable bonds is 9. The minimum atomic E-state index is -1.24. The number of esters is 1. The molecule has 0 fully saturated rings. The molecule has 1 atom stereocenters. The lowest BCUT2D eigenvalue weighted by molar-refractivity contribution is -0.143. The summed E-state index contributed by atoms with van der Waals surface area (Å²) in [5.41, 5.74) is -1.50. The molecule has 12 heteroatoms. The van der Waals surface area contributed by atoms with Gasteiger partial charge < -0.3 is 35.5 Å². The molecule has 4 amide bonds. The molecule has 0 spiro atoms. The molecule has 0 aromatic rings. The maximum atomic E-state index is 12.4. The van der Waals surface area contributed by atoms with E-state index in [1.165, 1.54) is 0 Å². The van der Waals surface area contributed by atoms with E-state index in [2.05, 4.69) is 21.3 Å². The quantitative estimate of drug-likeness (QED) is 0.288. The van der Waals surface area contributed by atoms with Crippen LogP contribution in [0.3, 0.4) is 0 Å². The standard InChI is InChI=1S/C19H34N4O8/c1-8-29-14(25)11-20-15(26)12(9-21-16(27)30-18(2,3)4)23-13(24)10-22-17(28)31-19(5,6)7/h12H,8-11H2,1-7H3,(H,20,26)(H,21,27)(H,22,28)(H,23,24). The number of ether oxygens (including phenoxy) is 3. The lowest BCUT2D eigenvalue weighted by Crippen LogP contribution is -2.55. The van der Waals surface area contributed by atoms with Crippen LogP contribution in [0.5, 0.6) is 0 Å². The Morgan fingerprint density at radius 2 is 1.29 bits per heavy atom. The van der Waals surface area contributed by atoms with Crippen LogP contribution >= 0.6 is 0 Å². The molecule has 0 aromatic heterocycles. The Bertz CT molecular complexity index is 652. The first kappa shape index (κ1) is 27.9. The van der Waals surface area contributed by atoms with Crippen LogP contribution in [0.4, 0.5) is 9.59 Å². The molecule has 4 N–H and O–H groups in total. The number of hydrogen-bond acceptors (Lipinski definition) is 8. The molecule has 31 heavy (non-hydrogen) atoms. The van der Waals surface area contributed by atoms with Gasteiger partial charge in [0.05, 0.1) is 13.2 Å². The van der Waals surface area contributed by atoms with E-state index in [9.17, 15) is 24.0 Å². The Labute approximate surface area is 182 Å². The number of amides is 4. The van der Waals surface area contributed by atoms with E-state index in [1.54, 1.807) is 48.5 Å². The summed E-state index contributed by atoms with van der Waals surface area (Å²) in [6, 6.07) is -1.24. The third-order valence-corrected chi connectivity index (χ3v) is 3.01. The minimum Gasteiger partial charge on any atom is -0.465 e. The van der Waals surface area contributed by atoms with E-state index < -0.39 is 60.3 Å². The van der Waals surface area contributed by atoms with Crippen molar-refractivity contribution in [2.24, 2.45) is 0 Å². The van der Waals surface area contributed by atoms with Crippen LogP contribution < -0.4 is 21.3 Å². The summed E-state index contributed by atoms with van der Waals surface area (Å²) >= 11 is 0. The van der Waals surface area contributed by atoms with Gasteiger partial charge in [0, 0.05) is 0 Å². The topological polar surface area (TPSA) is 161 Å². The second-order valence-electron chi connectivity index (χ2n) is 8.38. The van der Waals surface area contributed by atoms with E-state index in [-0.39, 0.29) is 13.2 Å². The first-order valence-corrected chi connectivity index (χ1v) is 9.79. The molecule has 0 aliphatic heterocycles. The molecular formula is C19H34N4O8. The van der Waals surface area contributed by atoms with Gasteiger partial charge in [-0.05, 0) is 48.5 Å². The monoisotopic (exact) mass is 446 g/mol.